The van der Waals surface area contributed by atoms with E-state index in [9.17, 15) is 19.5 Å². The molecule has 0 unspecified atom stereocenters. The minimum atomic E-state index is -0.967. The number of carboxylic acids is 1. The van der Waals surface area contributed by atoms with Crippen molar-refractivity contribution in [2.45, 2.75) is 25.7 Å². The van der Waals surface area contributed by atoms with Gasteiger partial charge in [0, 0.05) is 5.56 Å². The van der Waals surface area contributed by atoms with Gasteiger partial charge in [0.2, 0.25) is 5.91 Å². The van der Waals surface area contributed by atoms with Crippen molar-refractivity contribution in [3.8, 4) is 5.75 Å². The predicted octanol–water partition coefficient (Wildman–Crippen LogP) is 1.95. The number of halogens is 1. The van der Waals surface area contributed by atoms with Crippen LogP contribution in [0.1, 0.15) is 36.0 Å². The van der Waals surface area contributed by atoms with Gasteiger partial charge >= 0.3 is 5.97 Å². The number of ether oxygens (including phenoxy) is 1. The van der Waals surface area contributed by atoms with E-state index in [2.05, 4.69) is 10.9 Å². The van der Waals surface area contributed by atoms with Crippen LogP contribution in [-0.2, 0) is 9.59 Å². The smallest absolute Gasteiger partial charge is 0.307 e. The maximum Gasteiger partial charge on any atom is 0.307 e. The number of hydrogen-bond acceptors (Lipinski definition) is 4. The van der Waals surface area contributed by atoms with Crippen molar-refractivity contribution < 1.29 is 24.2 Å². The Labute approximate surface area is 153 Å². The normalized spacial score (nSPS) is 20.1. The van der Waals surface area contributed by atoms with Gasteiger partial charge in [0.25, 0.3) is 5.91 Å². The van der Waals surface area contributed by atoms with Crippen molar-refractivity contribution in [3.05, 3.63) is 27.3 Å². The number of hydrogen-bond donors (Lipinski definition) is 3. The van der Waals surface area contributed by atoms with Gasteiger partial charge in [-0.3, -0.25) is 25.2 Å². The molecule has 2 amide bonds. The molecule has 0 aromatic heterocycles. The number of carbonyl (C=O) groups is 3. The number of carboxylic acid groups (broad SMARTS) is 1. The highest BCUT2D eigenvalue weighted by molar-refractivity contribution is 14.1. The summed E-state index contributed by atoms with van der Waals surface area (Å²) in [6.45, 7) is 0. The Morgan fingerprint density at radius 1 is 1.17 bits per heavy atom. The average Bonchev–Trinajstić information content (AvgIpc) is 2.59. The molecule has 24 heavy (non-hydrogen) atoms. The molecule has 2 rings (SSSR count). The van der Waals surface area contributed by atoms with Gasteiger partial charge in [-0.2, -0.15) is 0 Å². The van der Waals surface area contributed by atoms with Gasteiger partial charge in [0.05, 0.1) is 22.5 Å². The number of methoxy groups -OCH3 is 1. The van der Waals surface area contributed by atoms with E-state index in [1.54, 1.807) is 25.3 Å². The van der Waals surface area contributed by atoms with Gasteiger partial charge in [-0.15, -0.1) is 0 Å². The molecule has 0 spiro atoms. The molecular weight excluding hydrogens is 427 g/mol. The molecule has 0 saturated heterocycles. The lowest BCUT2D eigenvalue weighted by molar-refractivity contribution is -0.149. The molecule has 1 saturated carbocycles. The van der Waals surface area contributed by atoms with Crippen LogP contribution in [-0.4, -0.2) is 30.0 Å². The number of hydrazine groups is 1. The largest absolute Gasteiger partial charge is 0.496 e. The summed E-state index contributed by atoms with van der Waals surface area (Å²) in [6.07, 6.45) is 2.61. The second kappa shape index (κ2) is 8.32. The molecule has 3 N–H and O–H groups in total. The Morgan fingerprint density at radius 2 is 1.83 bits per heavy atom. The van der Waals surface area contributed by atoms with Crippen LogP contribution >= 0.6 is 22.6 Å². The molecular formula is C16H19IN2O5. The lowest BCUT2D eigenvalue weighted by Gasteiger charge is -2.27. The first-order chi connectivity index (χ1) is 11.4. The molecule has 1 aromatic rings. The summed E-state index contributed by atoms with van der Waals surface area (Å²) in [6, 6.07) is 4.89. The number of rotatable bonds is 4. The zero-order valence-corrected chi connectivity index (χ0v) is 15.3. The van der Waals surface area contributed by atoms with Gasteiger partial charge in [-0.25, -0.2) is 0 Å². The molecule has 1 fully saturated rings. The Bertz CT molecular complexity index is 649. The van der Waals surface area contributed by atoms with Crippen molar-refractivity contribution in [3.63, 3.8) is 0 Å². The first kappa shape index (κ1) is 18.5. The second-order valence-corrected chi connectivity index (χ2v) is 6.79. The fraction of sp³-hybridized carbons (Fsp3) is 0.438. The highest BCUT2D eigenvalue weighted by Gasteiger charge is 2.35. The molecule has 2 atom stereocenters. The third kappa shape index (κ3) is 4.37. The number of benzene rings is 1. The van der Waals surface area contributed by atoms with Gasteiger partial charge in [-0.05, 0) is 53.6 Å². The van der Waals surface area contributed by atoms with Gasteiger partial charge in [0.1, 0.15) is 5.75 Å². The van der Waals surface area contributed by atoms with Crippen molar-refractivity contribution in [1.82, 2.24) is 10.9 Å². The zero-order valence-electron chi connectivity index (χ0n) is 13.2. The minimum absolute atomic E-state index is 0.374. The Kier molecular flexibility index (Phi) is 6.41. The topological polar surface area (TPSA) is 105 Å². The minimum Gasteiger partial charge on any atom is -0.496 e. The maximum absolute atomic E-state index is 12.2. The molecule has 1 aromatic carbocycles. The molecule has 7 nitrogen and oxygen atoms in total. The highest BCUT2D eigenvalue weighted by atomic mass is 127. The molecule has 1 aliphatic rings. The number of amides is 2. The fourth-order valence-electron chi connectivity index (χ4n) is 2.83. The monoisotopic (exact) mass is 446 g/mol. The summed E-state index contributed by atoms with van der Waals surface area (Å²) in [5.41, 5.74) is 5.07. The fourth-order valence-corrected chi connectivity index (χ4v) is 3.57. The van der Waals surface area contributed by atoms with Crippen LogP contribution in [0.25, 0.3) is 0 Å². The average molecular weight is 446 g/mol. The van der Waals surface area contributed by atoms with E-state index in [4.69, 9.17) is 4.74 Å². The lowest BCUT2D eigenvalue weighted by atomic mass is 9.79. The van der Waals surface area contributed by atoms with Crippen molar-refractivity contribution >= 4 is 40.4 Å². The van der Waals surface area contributed by atoms with E-state index in [0.29, 0.717) is 24.2 Å². The first-order valence-electron chi connectivity index (χ1n) is 7.60. The predicted molar refractivity (Wildman–Crippen MR) is 94.4 cm³/mol. The van der Waals surface area contributed by atoms with Crippen molar-refractivity contribution in [1.29, 1.82) is 0 Å². The van der Waals surface area contributed by atoms with E-state index >= 15 is 0 Å². The standard InChI is InChI=1S/C16H19IN2O5/c1-24-13-7-6-9(8-12(13)17)14(20)18-19-15(21)10-4-2-3-5-11(10)16(22)23/h6-8,10-11H,2-5H2,1H3,(H,18,20)(H,19,21)(H,22,23)/t10-,11+/m1/s1. The highest BCUT2D eigenvalue weighted by Crippen LogP contribution is 2.30. The molecule has 0 bridgehead atoms. The van der Waals surface area contributed by atoms with Crippen molar-refractivity contribution in [2.24, 2.45) is 11.8 Å². The molecule has 0 heterocycles. The Hall–Kier alpha value is -1.84. The van der Waals surface area contributed by atoms with Crippen LogP contribution in [0.5, 0.6) is 5.75 Å². The molecule has 0 radical (unpaired) electrons. The first-order valence-corrected chi connectivity index (χ1v) is 8.68. The van der Waals surface area contributed by atoms with Crippen molar-refractivity contribution in [2.75, 3.05) is 7.11 Å². The number of carbonyl (C=O) groups excluding carboxylic acids is 2. The number of nitrogens with one attached hydrogen (secondary N) is 2. The van der Waals surface area contributed by atoms with E-state index in [1.807, 2.05) is 22.6 Å². The van der Waals surface area contributed by atoms with Gasteiger partial charge < -0.3 is 9.84 Å². The summed E-state index contributed by atoms with van der Waals surface area (Å²) in [5, 5.41) is 9.21. The quantitative estimate of drug-likeness (QED) is 0.485. The summed E-state index contributed by atoms with van der Waals surface area (Å²) in [7, 11) is 1.54. The Morgan fingerprint density at radius 3 is 2.42 bits per heavy atom. The van der Waals surface area contributed by atoms with E-state index in [-0.39, 0.29) is 0 Å². The third-order valence-electron chi connectivity index (χ3n) is 4.13. The molecule has 1 aliphatic carbocycles. The Balaban J connectivity index is 1.96. The van der Waals surface area contributed by atoms with E-state index in [1.165, 1.54) is 0 Å². The molecule has 0 aliphatic heterocycles. The number of aliphatic carboxylic acids is 1. The zero-order chi connectivity index (χ0) is 17.7. The SMILES string of the molecule is COc1ccc(C(=O)NNC(=O)[C@@H]2CCCC[C@@H]2C(=O)O)cc1I. The van der Waals surface area contributed by atoms with Crippen LogP contribution in [0, 0.1) is 15.4 Å². The van der Waals surface area contributed by atoms with Gasteiger partial charge in [0.15, 0.2) is 0 Å². The molecule has 130 valence electrons. The van der Waals surface area contributed by atoms with Crippen LogP contribution in [0.15, 0.2) is 18.2 Å². The summed E-state index contributed by atoms with van der Waals surface area (Å²) >= 11 is 2.05. The van der Waals surface area contributed by atoms with Crippen LogP contribution in [0.3, 0.4) is 0 Å². The van der Waals surface area contributed by atoms with E-state index < -0.39 is 29.6 Å². The maximum atomic E-state index is 12.2. The third-order valence-corrected chi connectivity index (χ3v) is 4.98. The van der Waals surface area contributed by atoms with Crippen LogP contribution < -0.4 is 15.6 Å². The van der Waals surface area contributed by atoms with Crippen LogP contribution in [0.2, 0.25) is 0 Å². The summed E-state index contributed by atoms with van der Waals surface area (Å²) in [5.74, 6) is -2.55. The van der Waals surface area contributed by atoms with Gasteiger partial charge in [-0.1, -0.05) is 12.8 Å². The summed E-state index contributed by atoms with van der Waals surface area (Å²) < 4.78 is 5.90. The second-order valence-electron chi connectivity index (χ2n) is 5.63. The molecule has 8 heteroatoms. The van der Waals surface area contributed by atoms with E-state index in [0.717, 1.165) is 16.4 Å². The van der Waals surface area contributed by atoms with Crippen LogP contribution in [0.4, 0.5) is 0 Å². The lowest BCUT2D eigenvalue weighted by Crippen LogP contribution is -2.47. The summed E-state index contributed by atoms with van der Waals surface area (Å²) in [4.78, 5) is 35.6.